The maximum atomic E-state index is 13.1. The summed E-state index contributed by atoms with van der Waals surface area (Å²) in [6, 6.07) is 12.8. The molecule has 1 aliphatic rings. The Morgan fingerprint density at radius 2 is 1.87 bits per heavy atom. The van der Waals surface area contributed by atoms with E-state index in [1.807, 2.05) is 26.0 Å². The Hall–Kier alpha value is -3.87. The van der Waals surface area contributed by atoms with Crippen LogP contribution in [-0.2, 0) is 0 Å². The molecule has 156 valence electrons. The highest BCUT2D eigenvalue weighted by Gasteiger charge is 2.24. The molecule has 7 heteroatoms. The van der Waals surface area contributed by atoms with Gasteiger partial charge in [0.05, 0.1) is 17.4 Å². The molecule has 0 saturated heterocycles. The summed E-state index contributed by atoms with van der Waals surface area (Å²) in [7, 11) is 0. The summed E-state index contributed by atoms with van der Waals surface area (Å²) in [6.45, 7) is 3.78. The van der Waals surface area contributed by atoms with Gasteiger partial charge in [-0.3, -0.25) is 9.59 Å². The number of carbonyl (C=O) groups excluding carboxylic acids is 2. The number of nitrogens with two attached hydrogens (primary N) is 1. The second-order valence-electron chi connectivity index (χ2n) is 8.04. The molecule has 0 atom stereocenters. The number of furan rings is 1. The van der Waals surface area contributed by atoms with Crippen LogP contribution in [0.3, 0.4) is 0 Å². The van der Waals surface area contributed by atoms with Crippen LogP contribution in [0.2, 0.25) is 0 Å². The van der Waals surface area contributed by atoms with Gasteiger partial charge in [-0.2, -0.15) is 5.10 Å². The highest BCUT2D eigenvalue weighted by atomic mass is 16.3. The van der Waals surface area contributed by atoms with Crippen LogP contribution in [0.1, 0.15) is 50.4 Å². The molecule has 2 heterocycles. The zero-order valence-electron chi connectivity index (χ0n) is 17.3. The third-order valence-corrected chi connectivity index (χ3v) is 5.56. The number of fused-ring (bicyclic) bond motifs is 1. The van der Waals surface area contributed by atoms with Crippen LogP contribution in [0.25, 0.3) is 16.7 Å². The number of amides is 1. The lowest BCUT2D eigenvalue weighted by Crippen LogP contribution is -2.25. The van der Waals surface area contributed by atoms with Crippen molar-refractivity contribution in [2.24, 2.45) is 0 Å². The minimum atomic E-state index is -0.218. The van der Waals surface area contributed by atoms with Gasteiger partial charge in [0.1, 0.15) is 17.2 Å². The average molecular weight is 414 g/mol. The third kappa shape index (κ3) is 3.48. The summed E-state index contributed by atoms with van der Waals surface area (Å²) in [5.41, 5.74) is 9.99. The molecule has 7 nitrogen and oxygen atoms in total. The van der Waals surface area contributed by atoms with Gasteiger partial charge in [0, 0.05) is 22.6 Å². The zero-order chi connectivity index (χ0) is 21.7. The maximum Gasteiger partial charge on any atom is 0.251 e. The largest absolute Gasteiger partial charge is 0.461 e. The normalized spacial score (nSPS) is 13.5. The Morgan fingerprint density at radius 3 is 2.65 bits per heavy atom. The van der Waals surface area contributed by atoms with Gasteiger partial charge in [0.2, 0.25) is 0 Å². The highest BCUT2D eigenvalue weighted by molar-refractivity contribution is 6.13. The Bertz CT molecular complexity index is 1340. The van der Waals surface area contributed by atoms with Crippen LogP contribution in [0, 0.1) is 13.8 Å². The number of nitrogen functional groups attached to an aromatic ring is 1. The SMILES string of the molecule is Cc1cc2cc(C(=O)c3cnn(-c4cc(C(=O)NC5CC5)ccc4C)c3N)ccc2o1. The summed E-state index contributed by atoms with van der Waals surface area (Å²) < 4.78 is 7.09. The first-order valence-corrected chi connectivity index (χ1v) is 10.2. The molecular weight excluding hydrogens is 392 g/mol. The second-order valence-corrected chi connectivity index (χ2v) is 8.04. The molecule has 31 heavy (non-hydrogen) atoms. The van der Waals surface area contributed by atoms with Crippen molar-refractivity contribution in [2.75, 3.05) is 5.73 Å². The van der Waals surface area contributed by atoms with E-state index in [-0.39, 0.29) is 23.6 Å². The van der Waals surface area contributed by atoms with Gasteiger partial charge in [-0.15, -0.1) is 0 Å². The summed E-state index contributed by atoms with van der Waals surface area (Å²) in [5, 5.41) is 8.20. The van der Waals surface area contributed by atoms with Gasteiger partial charge in [-0.05, 0) is 68.7 Å². The van der Waals surface area contributed by atoms with Gasteiger partial charge < -0.3 is 15.5 Å². The fraction of sp³-hybridized carbons (Fsp3) is 0.208. The summed E-state index contributed by atoms with van der Waals surface area (Å²) >= 11 is 0. The number of aryl methyl sites for hydroxylation is 2. The number of ketones is 1. The monoisotopic (exact) mass is 414 g/mol. The van der Waals surface area contributed by atoms with E-state index in [1.54, 1.807) is 30.3 Å². The fourth-order valence-corrected chi connectivity index (χ4v) is 3.67. The van der Waals surface area contributed by atoms with Crippen LogP contribution in [0.15, 0.2) is 53.1 Å². The second kappa shape index (κ2) is 7.12. The topological polar surface area (TPSA) is 103 Å². The van der Waals surface area contributed by atoms with Crippen LogP contribution < -0.4 is 11.1 Å². The summed E-state index contributed by atoms with van der Waals surface area (Å²) in [6.07, 6.45) is 3.51. The van der Waals surface area contributed by atoms with Gasteiger partial charge in [0.15, 0.2) is 5.78 Å². The smallest absolute Gasteiger partial charge is 0.251 e. The van der Waals surface area contributed by atoms with Crippen molar-refractivity contribution in [3.63, 3.8) is 0 Å². The number of aromatic nitrogens is 2. The van der Waals surface area contributed by atoms with Crippen molar-refractivity contribution in [1.29, 1.82) is 0 Å². The average Bonchev–Trinajstić information content (AvgIpc) is 3.36. The zero-order valence-corrected chi connectivity index (χ0v) is 17.3. The molecule has 5 rings (SSSR count). The molecule has 0 spiro atoms. The van der Waals surface area contributed by atoms with E-state index in [0.717, 1.165) is 35.1 Å². The Balaban J connectivity index is 1.49. The molecule has 0 radical (unpaired) electrons. The van der Waals surface area contributed by atoms with E-state index >= 15 is 0 Å². The number of nitrogens with one attached hydrogen (secondary N) is 1. The van der Waals surface area contributed by atoms with Crippen molar-refractivity contribution in [3.8, 4) is 5.69 Å². The molecule has 0 unspecified atom stereocenters. The number of anilines is 1. The van der Waals surface area contributed by atoms with E-state index in [1.165, 1.54) is 10.9 Å². The van der Waals surface area contributed by atoms with Crippen LogP contribution in [0.5, 0.6) is 0 Å². The van der Waals surface area contributed by atoms with Crippen molar-refractivity contribution >= 4 is 28.5 Å². The number of nitrogens with zero attached hydrogens (tertiary/aromatic N) is 2. The van der Waals surface area contributed by atoms with Crippen molar-refractivity contribution in [1.82, 2.24) is 15.1 Å². The lowest BCUT2D eigenvalue weighted by molar-refractivity contribution is 0.0950. The number of benzene rings is 2. The predicted octanol–water partition coefficient (Wildman–Crippen LogP) is 3.94. The summed E-state index contributed by atoms with van der Waals surface area (Å²) in [4.78, 5) is 25.6. The van der Waals surface area contributed by atoms with Gasteiger partial charge in [-0.25, -0.2) is 4.68 Å². The standard InChI is InChI=1S/C24H22N4O3/c1-13-3-4-16(24(30)27-18-6-7-18)11-20(13)28-23(25)19(12-26-28)22(29)15-5-8-21-17(10-15)9-14(2)31-21/h3-5,8-12,18H,6-7,25H2,1-2H3,(H,27,30). The molecule has 0 aliphatic heterocycles. The quantitative estimate of drug-likeness (QED) is 0.482. The van der Waals surface area contributed by atoms with Crippen LogP contribution in [0.4, 0.5) is 5.82 Å². The molecule has 1 fully saturated rings. The lowest BCUT2D eigenvalue weighted by atomic mass is 10.0. The van der Waals surface area contributed by atoms with Crippen molar-refractivity contribution in [3.05, 3.63) is 76.7 Å². The van der Waals surface area contributed by atoms with Crippen LogP contribution in [-0.4, -0.2) is 27.5 Å². The Morgan fingerprint density at radius 1 is 1.10 bits per heavy atom. The Kier molecular flexibility index (Phi) is 4.39. The van der Waals surface area contributed by atoms with E-state index in [0.29, 0.717) is 22.4 Å². The van der Waals surface area contributed by atoms with Gasteiger partial charge in [0.25, 0.3) is 5.91 Å². The molecule has 0 bridgehead atoms. The first-order chi connectivity index (χ1) is 14.9. The van der Waals surface area contributed by atoms with E-state index in [9.17, 15) is 9.59 Å². The molecule has 2 aromatic heterocycles. The first kappa shape index (κ1) is 19.1. The molecule has 1 aliphatic carbocycles. The van der Waals surface area contributed by atoms with Crippen LogP contribution >= 0.6 is 0 Å². The first-order valence-electron chi connectivity index (χ1n) is 10.2. The molecule has 1 saturated carbocycles. The number of rotatable bonds is 5. The van der Waals surface area contributed by atoms with Crippen molar-refractivity contribution < 1.29 is 14.0 Å². The predicted molar refractivity (Wildman–Crippen MR) is 118 cm³/mol. The van der Waals surface area contributed by atoms with E-state index in [2.05, 4.69) is 10.4 Å². The molecular formula is C24H22N4O3. The fourth-order valence-electron chi connectivity index (χ4n) is 3.67. The van der Waals surface area contributed by atoms with E-state index in [4.69, 9.17) is 10.2 Å². The molecule has 1 amide bonds. The lowest BCUT2D eigenvalue weighted by Gasteiger charge is -2.11. The number of hydrogen-bond acceptors (Lipinski definition) is 5. The van der Waals surface area contributed by atoms with Crippen molar-refractivity contribution in [2.45, 2.75) is 32.7 Å². The minimum Gasteiger partial charge on any atom is -0.461 e. The van der Waals surface area contributed by atoms with E-state index < -0.39 is 0 Å². The molecule has 2 aromatic carbocycles. The number of hydrogen-bond donors (Lipinski definition) is 2. The molecule has 4 aromatic rings. The molecule has 3 N–H and O–H groups in total. The summed E-state index contributed by atoms with van der Waals surface area (Å²) in [5.74, 6) is 0.684. The minimum absolute atomic E-state index is 0.116. The van der Waals surface area contributed by atoms with Gasteiger partial charge in [-0.1, -0.05) is 6.07 Å². The Labute approximate surface area is 178 Å². The van der Waals surface area contributed by atoms with Gasteiger partial charge >= 0.3 is 0 Å². The highest BCUT2D eigenvalue weighted by Crippen LogP contribution is 2.26. The maximum absolute atomic E-state index is 13.1. The third-order valence-electron chi connectivity index (χ3n) is 5.56. The number of carbonyl (C=O) groups is 2.